The Morgan fingerprint density at radius 2 is 1.79 bits per heavy atom. The molecule has 110 valence electrons. The van der Waals surface area contributed by atoms with Crippen molar-refractivity contribution in [2.24, 2.45) is 23.0 Å². The van der Waals surface area contributed by atoms with Crippen LogP contribution in [0, 0.1) is 17.3 Å². The molecule has 2 aliphatic rings. The molecule has 1 saturated heterocycles. The first-order valence-corrected chi connectivity index (χ1v) is 7.94. The largest absolute Gasteiger partial charge is 0.338 e. The van der Waals surface area contributed by atoms with Crippen LogP contribution in [0.1, 0.15) is 59.3 Å². The van der Waals surface area contributed by atoms with Gasteiger partial charge in [0.05, 0.1) is 0 Å². The van der Waals surface area contributed by atoms with Gasteiger partial charge < -0.3 is 10.6 Å². The first-order chi connectivity index (χ1) is 8.93. The van der Waals surface area contributed by atoms with Crippen molar-refractivity contribution in [2.45, 2.75) is 65.3 Å². The third-order valence-corrected chi connectivity index (χ3v) is 5.23. The summed E-state index contributed by atoms with van der Waals surface area (Å²) < 4.78 is 0. The van der Waals surface area contributed by atoms with Gasteiger partial charge in [0.1, 0.15) is 0 Å². The molecule has 1 heterocycles. The van der Waals surface area contributed by atoms with Crippen molar-refractivity contribution in [3.8, 4) is 0 Å². The Bertz CT molecular complexity index is 313. The molecule has 0 radical (unpaired) electrons. The summed E-state index contributed by atoms with van der Waals surface area (Å²) >= 11 is 0. The fourth-order valence-electron chi connectivity index (χ4n) is 3.81. The molecule has 1 saturated carbocycles. The predicted molar refractivity (Wildman–Crippen MR) is 78.7 cm³/mol. The van der Waals surface area contributed by atoms with Gasteiger partial charge in [0.15, 0.2) is 0 Å². The molecule has 0 aromatic heterocycles. The maximum absolute atomic E-state index is 12.6. The Morgan fingerprint density at radius 3 is 2.32 bits per heavy atom. The van der Waals surface area contributed by atoms with E-state index in [0.717, 1.165) is 38.1 Å². The Labute approximate surface area is 117 Å². The molecule has 0 aromatic rings. The van der Waals surface area contributed by atoms with Gasteiger partial charge in [0.2, 0.25) is 5.91 Å². The fourth-order valence-corrected chi connectivity index (χ4v) is 3.81. The second-order valence-corrected chi connectivity index (χ2v) is 7.48. The van der Waals surface area contributed by atoms with Crippen molar-refractivity contribution in [1.82, 2.24) is 4.90 Å². The molecule has 3 nitrogen and oxygen atoms in total. The van der Waals surface area contributed by atoms with Crippen LogP contribution in [0.4, 0.5) is 0 Å². The lowest BCUT2D eigenvalue weighted by Gasteiger charge is -2.38. The van der Waals surface area contributed by atoms with Gasteiger partial charge in [-0.3, -0.25) is 4.79 Å². The highest BCUT2D eigenvalue weighted by molar-refractivity contribution is 5.79. The van der Waals surface area contributed by atoms with Crippen molar-refractivity contribution in [1.29, 1.82) is 0 Å². The summed E-state index contributed by atoms with van der Waals surface area (Å²) in [7, 11) is 0. The van der Waals surface area contributed by atoms with Gasteiger partial charge in [-0.15, -0.1) is 0 Å². The molecular weight excluding hydrogens is 236 g/mol. The number of hydrogen-bond acceptors (Lipinski definition) is 2. The SMILES string of the molecule is CC(C)(C)C1CCC(C(=O)N2CCCC2CN)CC1. The lowest BCUT2D eigenvalue weighted by atomic mass is 9.69. The van der Waals surface area contributed by atoms with Crippen molar-refractivity contribution in [3.63, 3.8) is 0 Å². The zero-order chi connectivity index (χ0) is 14.0. The standard InChI is InChI=1S/C16H30N2O/c1-16(2,3)13-8-6-12(7-9-13)15(19)18-10-4-5-14(18)11-17/h12-14H,4-11,17H2,1-3H3. The van der Waals surface area contributed by atoms with Gasteiger partial charge in [-0.05, 0) is 49.9 Å². The Kier molecular flexibility index (Phi) is 4.54. The fraction of sp³-hybridized carbons (Fsp3) is 0.938. The van der Waals surface area contributed by atoms with E-state index in [2.05, 4.69) is 25.7 Å². The zero-order valence-corrected chi connectivity index (χ0v) is 12.8. The molecule has 2 fully saturated rings. The minimum atomic E-state index is 0.269. The Balaban J connectivity index is 1.89. The molecule has 2 N–H and O–H groups in total. The van der Waals surface area contributed by atoms with E-state index < -0.39 is 0 Å². The predicted octanol–water partition coefficient (Wildman–Crippen LogP) is 2.79. The van der Waals surface area contributed by atoms with Gasteiger partial charge in [0.25, 0.3) is 0 Å². The number of hydrogen-bond donors (Lipinski definition) is 1. The lowest BCUT2D eigenvalue weighted by Crippen LogP contribution is -2.44. The third-order valence-electron chi connectivity index (χ3n) is 5.23. The van der Waals surface area contributed by atoms with E-state index in [1.54, 1.807) is 0 Å². The van der Waals surface area contributed by atoms with Crippen LogP contribution in [0.2, 0.25) is 0 Å². The van der Waals surface area contributed by atoms with E-state index in [-0.39, 0.29) is 5.92 Å². The highest BCUT2D eigenvalue weighted by Crippen LogP contribution is 2.40. The minimum absolute atomic E-state index is 0.269. The normalized spacial score (nSPS) is 32.6. The average molecular weight is 266 g/mol. The molecule has 1 unspecified atom stereocenters. The van der Waals surface area contributed by atoms with Crippen LogP contribution in [-0.4, -0.2) is 29.9 Å². The monoisotopic (exact) mass is 266 g/mol. The molecule has 19 heavy (non-hydrogen) atoms. The van der Waals surface area contributed by atoms with Crippen LogP contribution in [0.25, 0.3) is 0 Å². The average Bonchev–Trinajstić information content (AvgIpc) is 2.85. The summed E-state index contributed by atoms with van der Waals surface area (Å²) in [6, 6.07) is 0.313. The highest BCUT2D eigenvalue weighted by Gasteiger charge is 2.36. The van der Waals surface area contributed by atoms with Crippen LogP contribution in [0.5, 0.6) is 0 Å². The molecule has 2 rings (SSSR count). The summed E-state index contributed by atoms with van der Waals surface area (Å²) in [5.41, 5.74) is 6.17. The van der Waals surface area contributed by atoms with Gasteiger partial charge in [0, 0.05) is 25.0 Å². The van der Waals surface area contributed by atoms with Crippen molar-refractivity contribution >= 4 is 5.91 Å². The molecule has 3 heteroatoms. The summed E-state index contributed by atoms with van der Waals surface area (Å²) in [5.74, 6) is 1.44. The lowest BCUT2D eigenvalue weighted by molar-refractivity contribution is -0.137. The molecule has 1 amide bonds. The molecule has 1 aliphatic carbocycles. The molecule has 0 bridgehead atoms. The van der Waals surface area contributed by atoms with E-state index in [1.165, 1.54) is 12.8 Å². The van der Waals surface area contributed by atoms with E-state index in [4.69, 9.17) is 5.73 Å². The zero-order valence-electron chi connectivity index (χ0n) is 12.8. The molecule has 0 aromatic carbocycles. The van der Waals surface area contributed by atoms with Gasteiger partial charge in [-0.2, -0.15) is 0 Å². The van der Waals surface area contributed by atoms with Crippen LogP contribution < -0.4 is 5.73 Å². The number of carbonyl (C=O) groups is 1. The van der Waals surface area contributed by atoms with Crippen molar-refractivity contribution < 1.29 is 4.79 Å². The summed E-state index contributed by atoms with van der Waals surface area (Å²) in [6.07, 6.45) is 6.80. The Morgan fingerprint density at radius 1 is 1.16 bits per heavy atom. The Hall–Kier alpha value is -0.570. The van der Waals surface area contributed by atoms with Gasteiger partial charge in [-0.25, -0.2) is 0 Å². The second kappa shape index (κ2) is 5.82. The minimum Gasteiger partial charge on any atom is -0.338 e. The number of amides is 1. The smallest absolute Gasteiger partial charge is 0.225 e. The van der Waals surface area contributed by atoms with Crippen LogP contribution >= 0.6 is 0 Å². The first-order valence-electron chi connectivity index (χ1n) is 7.94. The van der Waals surface area contributed by atoms with Crippen molar-refractivity contribution in [3.05, 3.63) is 0 Å². The number of nitrogens with zero attached hydrogens (tertiary/aromatic N) is 1. The quantitative estimate of drug-likeness (QED) is 0.835. The third kappa shape index (κ3) is 3.31. The first kappa shape index (κ1) is 14.8. The number of likely N-dealkylation sites (tertiary alicyclic amines) is 1. The summed E-state index contributed by atoms with van der Waals surface area (Å²) in [4.78, 5) is 14.7. The molecule has 0 spiro atoms. The van der Waals surface area contributed by atoms with E-state index in [0.29, 0.717) is 23.9 Å². The maximum atomic E-state index is 12.6. The molecule has 1 atom stereocenters. The number of nitrogens with two attached hydrogens (primary N) is 1. The molecule has 1 aliphatic heterocycles. The topological polar surface area (TPSA) is 46.3 Å². The number of carbonyl (C=O) groups excluding carboxylic acids is 1. The van der Waals surface area contributed by atoms with E-state index >= 15 is 0 Å². The summed E-state index contributed by atoms with van der Waals surface area (Å²) in [5, 5.41) is 0. The van der Waals surface area contributed by atoms with Gasteiger partial charge >= 0.3 is 0 Å². The maximum Gasteiger partial charge on any atom is 0.225 e. The second-order valence-electron chi connectivity index (χ2n) is 7.48. The summed E-state index contributed by atoms with van der Waals surface area (Å²) in [6.45, 7) is 8.53. The van der Waals surface area contributed by atoms with Crippen molar-refractivity contribution in [2.75, 3.05) is 13.1 Å². The van der Waals surface area contributed by atoms with Crippen LogP contribution in [-0.2, 0) is 4.79 Å². The molecular formula is C16H30N2O. The van der Waals surface area contributed by atoms with Gasteiger partial charge in [-0.1, -0.05) is 20.8 Å². The highest BCUT2D eigenvalue weighted by atomic mass is 16.2. The van der Waals surface area contributed by atoms with E-state index in [1.807, 2.05) is 0 Å². The van der Waals surface area contributed by atoms with E-state index in [9.17, 15) is 4.79 Å². The van der Waals surface area contributed by atoms with Crippen LogP contribution in [0.3, 0.4) is 0 Å². The number of rotatable bonds is 2. The van der Waals surface area contributed by atoms with Crippen LogP contribution in [0.15, 0.2) is 0 Å².